The zero-order valence-electron chi connectivity index (χ0n) is 8.18. The number of hydrogen-bond acceptors (Lipinski definition) is 4. The molecule has 0 radical (unpaired) electrons. The van der Waals surface area contributed by atoms with Crippen LogP contribution in [0.2, 0.25) is 0 Å². The van der Waals surface area contributed by atoms with Gasteiger partial charge in [0.05, 0.1) is 0 Å². The minimum atomic E-state index is 0.420. The maximum Gasteiger partial charge on any atom is 0.292 e. The SMILES string of the molecule is N#COc1ccc2cccc(OC#N)c2c1. The number of ether oxygens (including phenoxy) is 2. The van der Waals surface area contributed by atoms with Crippen LogP contribution in [0.5, 0.6) is 11.5 Å². The van der Waals surface area contributed by atoms with Crippen LogP contribution in [0.3, 0.4) is 0 Å². The van der Waals surface area contributed by atoms with E-state index in [9.17, 15) is 0 Å². The summed E-state index contributed by atoms with van der Waals surface area (Å²) in [5.74, 6) is 0.868. The maximum atomic E-state index is 8.50. The standard InChI is InChI=1S/C12H6N2O2/c13-7-15-10-5-4-9-2-1-3-12(16-8-14)11(9)6-10/h1-6H. The molecule has 0 aliphatic carbocycles. The molecule has 0 aromatic heterocycles. The van der Waals surface area contributed by atoms with Gasteiger partial charge in [0.15, 0.2) is 0 Å². The molecule has 0 atom stereocenters. The Kier molecular flexibility index (Phi) is 2.58. The van der Waals surface area contributed by atoms with Crippen LogP contribution < -0.4 is 9.47 Å². The van der Waals surface area contributed by atoms with Gasteiger partial charge in [0, 0.05) is 5.39 Å². The normalized spacial score (nSPS) is 9.12. The molecule has 0 heterocycles. The van der Waals surface area contributed by atoms with Gasteiger partial charge in [-0.1, -0.05) is 18.2 Å². The molecule has 0 aliphatic rings. The quantitative estimate of drug-likeness (QED) is 0.714. The number of rotatable bonds is 2. The molecule has 0 spiro atoms. The van der Waals surface area contributed by atoms with Crippen LogP contribution >= 0.6 is 0 Å². The summed E-state index contributed by atoms with van der Waals surface area (Å²) in [6.07, 6.45) is 3.22. The van der Waals surface area contributed by atoms with Crippen LogP contribution in [0, 0.1) is 23.0 Å². The highest BCUT2D eigenvalue weighted by atomic mass is 16.5. The lowest BCUT2D eigenvalue weighted by Crippen LogP contribution is -1.86. The van der Waals surface area contributed by atoms with Gasteiger partial charge in [-0.15, -0.1) is 10.5 Å². The van der Waals surface area contributed by atoms with E-state index in [2.05, 4.69) is 0 Å². The van der Waals surface area contributed by atoms with Gasteiger partial charge in [-0.2, -0.15) is 0 Å². The molecular formula is C12H6N2O2. The maximum absolute atomic E-state index is 8.50. The first-order valence-electron chi connectivity index (χ1n) is 4.50. The Morgan fingerprint density at radius 1 is 0.938 bits per heavy atom. The summed E-state index contributed by atoms with van der Waals surface area (Å²) in [7, 11) is 0. The monoisotopic (exact) mass is 210 g/mol. The Hall–Kier alpha value is -2.72. The van der Waals surface area contributed by atoms with Crippen LogP contribution in [0.15, 0.2) is 36.4 Å². The molecule has 0 bridgehead atoms. The highest BCUT2D eigenvalue weighted by Crippen LogP contribution is 2.28. The van der Waals surface area contributed by atoms with E-state index in [0.717, 1.165) is 10.8 Å². The molecule has 2 aromatic rings. The molecule has 0 unspecified atom stereocenters. The van der Waals surface area contributed by atoms with Crippen molar-refractivity contribution in [1.82, 2.24) is 0 Å². The Bertz CT molecular complexity index is 608. The largest absolute Gasteiger partial charge is 0.388 e. The predicted octanol–water partition coefficient (Wildman–Crippen LogP) is 2.56. The predicted molar refractivity (Wildman–Crippen MR) is 56.4 cm³/mol. The molecule has 76 valence electrons. The van der Waals surface area contributed by atoms with Crippen LogP contribution in [0.25, 0.3) is 10.8 Å². The van der Waals surface area contributed by atoms with Crippen molar-refractivity contribution in [2.75, 3.05) is 0 Å². The van der Waals surface area contributed by atoms with Crippen LogP contribution in [0.1, 0.15) is 0 Å². The summed E-state index contributed by atoms with van der Waals surface area (Å²) in [4.78, 5) is 0. The van der Waals surface area contributed by atoms with Crippen molar-refractivity contribution in [2.45, 2.75) is 0 Å². The molecule has 4 heteroatoms. The third-order valence-electron chi connectivity index (χ3n) is 2.13. The lowest BCUT2D eigenvalue weighted by Gasteiger charge is -2.03. The van der Waals surface area contributed by atoms with Gasteiger partial charge in [-0.3, -0.25) is 0 Å². The van der Waals surface area contributed by atoms with E-state index >= 15 is 0 Å². The number of benzene rings is 2. The van der Waals surface area contributed by atoms with Crippen LogP contribution in [0.4, 0.5) is 0 Å². The minimum absolute atomic E-state index is 0.420. The number of nitriles is 2. The van der Waals surface area contributed by atoms with Crippen molar-refractivity contribution in [3.05, 3.63) is 36.4 Å². The minimum Gasteiger partial charge on any atom is -0.388 e. The molecule has 0 amide bonds. The molecule has 0 aliphatic heterocycles. The number of hydrogen-bond donors (Lipinski definition) is 0. The van der Waals surface area contributed by atoms with E-state index in [-0.39, 0.29) is 0 Å². The van der Waals surface area contributed by atoms with Crippen LogP contribution in [-0.4, -0.2) is 0 Å². The summed E-state index contributed by atoms with van der Waals surface area (Å²) in [5, 5.41) is 18.6. The van der Waals surface area contributed by atoms with Gasteiger partial charge >= 0.3 is 0 Å². The summed E-state index contributed by atoms with van der Waals surface area (Å²) < 4.78 is 9.53. The highest BCUT2D eigenvalue weighted by molar-refractivity contribution is 5.89. The third-order valence-corrected chi connectivity index (χ3v) is 2.13. The Morgan fingerprint density at radius 3 is 2.50 bits per heavy atom. The fourth-order valence-electron chi connectivity index (χ4n) is 1.48. The molecule has 16 heavy (non-hydrogen) atoms. The topological polar surface area (TPSA) is 66.0 Å². The number of nitrogens with zero attached hydrogens (tertiary/aromatic N) is 2. The Labute approximate surface area is 91.9 Å². The fraction of sp³-hybridized carbons (Fsp3) is 0. The Morgan fingerprint density at radius 2 is 1.75 bits per heavy atom. The first kappa shape index (κ1) is 9.82. The lowest BCUT2D eigenvalue weighted by atomic mass is 10.1. The highest BCUT2D eigenvalue weighted by Gasteiger charge is 2.03. The van der Waals surface area contributed by atoms with E-state index in [1.165, 1.54) is 0 Å². The molecule has 4 nitrogen and oxygen atoms in total. The van der Waals surface area contributed by atoms with Gasteiger partial charge in [0.2, 0.25) is 0 Å². The molecule has 0 fully saturated rings. The summed E-state index contributed by atoms with van der Waals surface area (Å²) in [5.41, 5.74) is 0. The van der Waals surface area contributed by atoms with E-state index < -0.39 is 0 Å². The number of fused-ring (bicyclic) bond motifs is 1. The van der Waals surface area contributed by atoms with E-state index in [4.69, 9.17) is 20.0 Å². The van der Waals surface area contributed by atoms with Gasteiger partial charge in [-0.05, 0) is 23.6 Å². The van der Waals surface area contributed by atoms with Crippen LogP contribution in [-0.2, 0) is 0 Å². The summed E-state index contributed by atoms with van der Waals surface area (Å²) in [6.45, 7) is 0. The average molecular weight is 210 g/mol. The second-order valence-corrected chi connectivity index (χ2v) is 3.03. The van der Waals surface area contributed by atoms with E-state index in [1.54, 1.807) is 42.8 Å². The zero-order chi connectivity index (χ0) is 11.4. The van der Waals surface area contributed by atoms with Gasteiger partial charge in [-0.25, -0.2) is 0 Å². The second kappa shape index (κ2) is 4.20. The first-order valence-corrected chi connectivity index (χ1v) is 4.50. The van der Waals surface area contributed by atoms with Crippen molar-refractivity contribution in [2.24, 2.45) is 0 Å². The second-order valence-electron chi connectivity index (χ2n) is 3.03. The third kappa shape index (κ3) is 1.73. The van der Waals surface area contributed by atoms with Crippen molar-refractivity contribution in [3.8, 4) is 24.0 Å². The first-order chi connectivity index (χ1) is 7.85. The van der Waals surface area contributed by atoms with Gasteiger partial charge in [0.25, 0.3) is 12.5 Å². The molecule has 0 N–H and O–H groups in total. The molecule has 0 saturated carbocycles. The fourth-order valence-corrected chi connectivity index (χ4v) is 1.48. The van der Waals surface area contributed by atoms with Crippen molar-refractivity contribution in [3.63, 3.8) is 0 Å². The van der Waals surface area contributed by atoms with Crippen molar-refractivity contribution in [1.29, 1.82) is 10.5 Å². The Balaban J connectivity index is 2.61. The molecular weight excluding hydrogens is 204 g/mol. The van der Waals surface area contributed by atoms with E-state index in [0.29, 0.717) is 11.5 Å². The molecule has 2 aromatic carbocycles. The van der Waals surface area contributed by atoms with Crippen molar-refractivity contribution >= 4 is 10.8 Å². The van der Waals surface area contributed by atoms with E-state index in [1.807, 2.05) is 6.07 Å². The smallest absolute Gasteiger partial charge is 0.292 e. The average Bonchev–Trinajstić information content (AvgIpc) is 2.31. The molecule has 0 saturated heterocycles. The summed E-state index contributed by atoms with van der Waals surface area (Å²) >= 11 is 0. The zero-order valence-corrected chi connectivity index (χ0v) is 8.18. The van der Waals surface area contributed by atoms with Crippen molar-refractivity contribution < 1.29 is 9.47 Å². The molecule has 2 rings (SSSR count). The van der Waals surface area contributed by atoms with Gasteiger partial charge in [0.1, 0.15) is 11.5 Å². The lowest BCUT2D eigenvalue weighted by molar-refractivity contribution is 0.504. The van der Waals surface area contributed by atoms with Gasteiger partial charge < -0.3 is 9.47 Å². The summed E-state index contributed by atoms with van der Waals surface area (Å²) in [6, 6.07) is 10.5.